The molecule has 0 aromatic rings. The average molecular weight is 168 g/mol. The third-order valence-electron chi connectivity index (χ3n) is 3.02. The number of piperazine rings is 1. The minimum atomic E-state index is 0.665. The van der Waals surface area contributed by atoms with Gasteiger partial charge in [-0.1, -0.05) is 6.42 Å². The zero-order chi connectivity index (χ0) is 8.39. The Morgan fingerprint density at radius 3 is 2.92 bits per heavy atom. The molecule has 3 heteroatoms. The molecule has 2 aliphatic rings. The lowest BCUT2D eigenvalue weighted by Gasteiger charge is -2.42. The van der Waals surface area contributed by atoms with Crippen LogP contribution < -0.4 is 0 Å². The van der Waals surface area contributed by atoms with E-state index < -0.39 is 0 Å². The van der Waals surface area contributed by atoms with Crippen molar-refractivity contribution in [3.05, 3.63) is 0 Å². The van der Waals surface area contributed by atoms with Gasteiger partial charge < -0.3 is 4.90 Å². The van der Waals surface area contributed by atoms with E-state index in [0.29, 0.717) is 6.04 Å². The minimum absolute atomic E-state index is 0.665. The maximum absolute atomic E-state index is 10.5. The van der Waals surface area contributed by atoms with Gasteiger partial charge in [0.15, 0.2) is 0 Å². The molecule has 0 aromatic heterocycles. The predicted octanol–water partition coefficient (Wildman–Crippen LogP) is 0.313. The highest BCUT2D eigenvalue weighted by Crippen LogP contribution is 2.19. The number of carbonyl (C=O) groups excluding carboxylic acids is 1. The Hall–Kier alpha value is -0.570. The lowest BCUT2D eigenvalue weighted by molar-refractivity contribution is -0.121. The SMILES string of the molecule is O=CN1CCN2CCCCC2C1. The van der Waals surface area contributed by atoms with Crippen LogP contribution in [0.3, 0.4) is 0 Å². The number of amides is 1. The van der Waals surface area contributed by atoms with E-state index in [1.54, 1.807) is 0 Å². The van der Waals surface area contributed by atoms with Gasteiger partial charge in [0.1, 0.15) is 0 Å². The van der Waals surface area contributed by atoms with Crippen molar-refractivity contribution in [2.45, 2.75) is 25.3 Å². The fourth-order valence-electron chi connectivity index (χ4n) is 2.28. The summed E-state index contributed by atoms with van der Waals surface area (Å²) in [5, 5.41) is 0. The zero-order valence-electron chi connectivity index (χ0n) is 7.41. The summed E-state index contributed by atoms with van der Waals surface area (Å²) in [6.45, 7) is 4.23. The monoisotopic (exact) mass is 168 g/mol. The second-order valence-corrected chi connectivity index (χ2v) is 3.79. The Kier molecular flexibility index (Phi) is 2.30. The molecular formula is C9H16N2O. The van der Waals surface area contributed by atoms with Crippen LogP contribution in [-0.4, -0.2) is 48.4 Å². The summed E-state index contributed by atoms with van der Waals surface area (Å²) >= 11 is 0. The maximum Gasteiger partial charge on any atom is 0.209 e. The molecule has 2 aliphatic heterocycles. The summed E-state index contributed by atoms with van der Waals surface area (Å²) < 4.78 is 0. The molecule has 0 saturated carbocycles. The highest BCUT2D eigenvalue weighted by atomic mass is 16.1. The van der Waals surface area contributed by atoms with Gasteiger partial charge in [-0.15, -0.1) is 0 Å². The summed E-state index contributed by atoms with van der Waals surface area (Å²) in [6.07, 6.45) is 4.96. The predicted molar refractivity (Wildman–Crippen MR) is 46.8 cm³/mol. The largest absolute Gasteiger partial charge is 0.342 e. The van der Waals surface area contributed by atoms with Crippen molar-refractivity contribution in [3.63, 3.8) is 0 Å². The molecule has 1 unspecified atom stereocenters. The summed E-state index contributed by atoms with van der Waals surface area (Å²) in [6, 6.07) is 0.665. The third-order valence-corrected chi connectivity index (χ3v) is 3.02. The third kappa shape index (κ3) is 1.46. The molecule has 0 aliphatic carbocycles. The molecule has 0 N–H and O–H groups in total. The Balaban J connectivity index is 1.93. The van der Waals surface area contributed by atoms with Gasteiger partial charge in [0, 0.05) is 25.7 Å². The molecule has 1 amide bonds. The molecular weight excluding hydrogens is 152 g/mol. The van der Waals surface area contributed by atoms with E-state index in [0.717, 1.165) is 26.0 Å². The van der Waals surface area contributed by atoms with E-state index in [9.17, 15) is 4.79 Å². The smallest absolute Gasteiger partial charge is 0.209 e. The Morgan fingerprint density at radius 2 is 2.08 bits per heavy atom. The van der Waals surface area contributed by atoms with E-state index in [4.69, 9.17) is 0 Å². The number of hydrogen-bond donors (Lipinski definition) is 0. The Morgan fingerprint density at radius 1 is 1.17 bits per heavy atom. The number of rotatable bonds is 1. The quantitative estimate of drug-likeness (QED) is 0.526. The molecule has 0 aromatic carbocycles. The molecule has 0 spiro atoms. The van der Waals surface area contributed by atoms with Crippen molar-refractivity contribution < 1.29 is 4.79 Å². The van der Waals surface area contributed by atoms with Crippen molar-refractivity contribution in [1.29, 1.82) is 0 Å². The Labute approximate surface area is 73.3 Å². The highest BCUT2D eigenvalue weighted by molar-refractivity contribution is 5.47. The van der Waals surface area contributed by atoms with Crippen LogP contribution in [0.15, 0.2) is 0 Å². The summed E-state index contributed by atoms with van der Waals surface area (Å²) in [4.78, 5) is 15.0. The van der Waals surface area contributed by atoms with Gasteiger partial charge in [0.25, 0.3) is 0 Å². The van der Waals surface area contributed by atoms with Gasteiger partial charge in [0.2, 0.25) is 6.41 Å². The molecule has 2 heterocycles. The van der Waals surface area contributed by atoms with Crippen LogP contribution in [0.4, 0.5) is 0 Å². The van der Waals surface area contributed by atoms with Gasteiger partial charge >= 0.3 is 0 Å². The Bertz CT molecular complexity index is 172. The van der Waals surface area contributed by atoms with Gasteiger partial charge in [-0.05, 0) is 19.4 Å². The standard InChI is InChI=1S/C9H16N2O/c12-8-10-5-6-11-4-2-1-3-9(11)7-10/h8-9H,1-7H2. The van der Waals surface area contributed by atoms with Crippen LogP contribution >= 0.6 is 0 Å². The van der Waals surface area contributed by atoms with Gasteiger partial charge in [-0.3, -0.25) is 9.69 Å². The molecule has 68 valence electrons. The van der Waals surface area contributed by atoms with E-state index >= 15 is 0 Å². The van der Waals surface area contributed by atoms with Crippen LogP contribution in [-0.2, 0) is 4.79 Å². The van der Waals surface area contributed by atoms with E-state index in [1.165, 1.54) is 25.8 Å². The van der Waals surface area contributed by atoms with Crippen molar-refractivity contribution in [2.24, 2.45) is 0 Å². The fourth-order valence-corrected chi connectivity index (χ4v) is 2.28. The van der Waals surface area contributed by atoms with Crippen LogP contribution in [0, 0.1) is 0 Å². The van der Waals surface area contributed by atoms with E-state index in [1.807, 2.05) is 4.90 Å². The van der Waals surface area contributed by atoms with Crippen molar-refractivity contribution in [2.75, 3.05) is 26.2 Å². The molecule has 2 saturated heterocycles. The van der Waals surface area contributed by atoms with Crippen LogP contribution in [0.25, 0.3) is 0 Å². The molecule has 3 nitrogen and oxygen atoms in total. The average Bonchev–Trinajstić information content (AvgIpc) is 2.17. The van der Waals surface area contributed by atoms with E-state index in [2.05, 4.69) is 4.90 Å². The molecule has 2 rings (SSSR count). The molecule has 0 bridgehead atoms. The fraction of sp³-hybridized carbons (Fsp3) is 0.889. The molecule has 2 fully saturated rings. The van der Waals surface area contributed by atoms with Crippen LogP contribution in [0.2, 0.25) is 0 Å². The maximum atomic E-state index is 10.5. The van der Waals surface area contributed by atoms with Gasteiger partial charge in [0.05, 0.1) is 0 Å². The summed E-state index contributed by atoms with van der Waals surface area (Å²) in [7, 11) is 0. The van der Waals surface area contributed by atoms with Crippen molar-refractivity contribution in [3.8, 4) is 0 Å². The molecule has 12 heavy (non-hydrogen) atoms. The number of nitrogens with zero attached hydrogens (tertiary/aromatic N) is 2. The first kappa shape index (κ1) is 8.05. The van der Waals surface area contributed by atoms with Crippen LogP contribution in [0.5, 0.6) is 0 Å². The molecule has 0 radical (unpaired) electrons. The number of carbonyl (C=O) groups is 1. The van der Waals surface area contributed by atoms with Gasteiger partial charge in [-0.2, -0.15) is 0 Å². The van der Waals surface area contributed by atoms with Crippen molar-refractivity contribution >= 4 is 6.41 Å². The first-order chi connectivity index (χ1) is 5.90. The topological polar surface area (TPSA) is 23.6 Å². The highest BCUT2D eigenvalue weighted by Gasteiger charge is 2.27. The van der Waals surface area contributed by atoms with Crippen molar-refractivity contribution in [1.82, 2.24) is 9.80 Å². The van der Waals surface area contributed by atoms with Gasteiger partial charge in [-0.25, -0.2) is 0 Å². The minimum Gasteiger partial charge on any atom is -0.342 e. The first-order valence-electron chi connectivity index (χ1n) is 4.83. The zero-order valence-corrected chi connectivity index (χ0v) is 7.41. The summed E-state index contributed by atoms with van der Waals surface area (Å²) in [5.74, 6) is 0. The normalized spacial score (nSPS) is 31.3. The first-order valence-corrected chi connectivity index (χ1v) is 4.83. The second-order valence-electron chi connectivity index (χ2n) is 3.79. The van der Waals surface area contributed by atoms with E-state index in [-0.39, 0.29) is 0 Å². The lowest BCUT2D eigenvalue weighted by Crippen LogP contribution is -2.54. The second kappa shape index (κ2) is 3.44. The summed E-state index contributed by atoms with van der Waals surface area (Å²) in [5.41, 5.74) is 0. The number of piperidine rings is 1. The van der Waals surface area contributed by atoms with Crippen LogP contribution in [0.1, 0.15) is 19.3 Å². The lowest BCUT2D eigenvalue weighted by atomic mass is 10.00. The number of fused-ring (bicyclic) bond motifs is 1. The number of hydrogen-bond acceptors (Lipinski definition) is 2. The molecule has 1 atom stereocenters.